The molecule has 1 N–H and O–H groups in total. The Morgan fingerprint density at radius 1 is 1.07 bits per heavy atom. The number of piperidine rings is 1. The SMILES string of the molecule is Cc1cc(C)c(C2(O)CC3COCC(C2)N3C(=O)OCc2ccccc2)cc1C. The summed E-state index contributed by atoms with van der Waals surface area (Å²) >= 11 is 0. The lowest BCUT2D eigenvalue weighted by molar-refractivity contribution is -0.137. The molecule has 2 fully saturated rings. The van der Waals surface area contributed by atoms with Gasteiger partial charge in [-0.1, -0.05) is 42.5 Å². The molecule has 2 saturated heterocycles. The van der Waals surface area contributed by atoms with Gasteiger partial charge in [0.25, 0.3) is 0 Å². The van der Waals surface area contributed by atoms with Crippen molar-refractivity contribution in [3.63, 3.8) is 0 Å². The molecule has 2 heterocycles. The zero-order valence-corrected chi connectivity index (χ0v) is 17.4. The molecule has 0 aromatic heterocycles. The Balaban J connectivity index is 1.53. The Morgan fingerprint density at radius 2 is 1.69 bits per heavy atom. The number of aliphatic hydroxyl groups is 1. The van der Waals surface area contributed by atoms with E-state index < -0.39 is 5.60 Å². The van der Waals surface area contributed by atoms with E-state index >= 15 is 0 Å². The first kappa shape index (κ1) is 19.9. The highest BCUT2D eigenvalue weighted by atomic mass is 16.6. The van der Waals surface area contributed by atoms with Crippen LogP contribution in [0.15, 0.2) is 42.5 Å². The first-order chi connectivity index (χ1) is 13.9. The minimum Gasteiger partial charge on any atom is -0.445 e. The Morgan fingerprint density at radius 3 is 2.34 bits per heavy atom. The first-order valence-electron chi connectivity index (χ1n) is 10.2. The van der Waals surface area contributed by atoms with Crippen molar-refractivity contribution in [2.75, 3.05) is 13.2 Å². The Labute approximate surface area is 172 Å². The number of hydrogen-bond acceptors (Lipinski definition) is 4. The van der Waals surface area contributed by atoms with Crippen LogP contribution in [0.5, 0.6) is 0 Å². The number of nitrogens with zero attached hydrogens (tertiary/aromatic N) is 1. The van der Waals surface area contributed by atoms with Gasteiger partial charge in [-0.15, -0.1) is 0 Å². The average Bonchev–Trinajstić information content (AvgIpc) is 2.69. The fraction of sp³-hybridized carbons (Fsp3) is 0.458. The molecule has 5 heteroatoms. The van der Waals surface area contributed by atoms with Crippen LogP contribution in [0.1, 0.15) is 40.7 Å². The van der Waals surface area contributed by atoms with Crippen molar-refractivity contribution >= 4 is 6.09 Å². The summed E-state index contributed by atoms with van der Waals surface area (Å²) in [6.07, 6.45) is 0.576. The van der Waals surface area contributed by atoms with Gasteiger partial charge in [-0.3, -0.25) is 4.90 Å². The third-order valence-corrected chi connectivity index (χ3v) is 6.31. The van der Waals surface area contributed by atoms with Gasteiger partial charge in [0.1, 0.15) is 6.61 Å². The first-order valence-corrected chi connectivity index (χ1v) is 10.2. The lowest BCUT2D eigenvalue weighted by Gasteiger charge is -2.51. The maximum Gasteiger partial charge on any atom is 0.410 e. The van der Waals surface area contributed by atoms with Crippen LogP contribution in [0, 0.1) is 20.8 Å². The average molecular weight is 395 g/mol. The summed E-state index contributed by atoms with van der Waals surface area (Å²) < 4.78 is 11.3. The van der Waals surface area contributed by atoms with E-state index in [0.29, 0.717) is 26.1 Å². The Hall–Kier alpha value is -2.37. The molecule has 5 nitrogen and oxygen atoms in total. The van der Waals surface area contributed by atoms with Gasteiger partial charge in [0.05, 0.1) is 30.9 Å². The predicted molar refractivity (Wildman–Crippen MR) is 111 cm³/mol. The number of carbonyl (C=O) groups excluding carboxylic acids is 1. The van der Waals surface area contributed by atoms with Crippen molar-refractivity contribution in [1.82, 2.24) is 4.90 Å². The van der Waals surface area contributed by atoms with Crippen LogP contribution in [0.3, 0.4) is 0 Å². The molecule has 154 valence electrons. The van der Waals surface area contributed by atoms with Crippen LogP contribution in [0.2, 0.25) is 0 Å². The molecule has 1 amide bonds. The largest absolute Gasteiger partial charge is 0.445 e. The third-order valence-electron chi connectivity index (χ3n) is 6.31. The van der Waals surface area contributed by atoms with Crippen LogP contribution in [0.25, 0.3) is 0 Å². The third kappa shape index (κ3) is 3.89. The van der Waals surface area contributed by atoms with E-state index in [0.717, 1.165) is 16.7 Å². The van der Waals surface area contributed by atoms with Crippen molar-refractivity contribution in [3.8, 4) is 0 Å². The topological polar surface area (TPSA) is 59.0 Å². The molecule has 2 atom stereocenters. The Kier molecular flexibility index (Phi) is 5.36. The predicted octanol–water partition coefficient (Wildman–Crippen LogP) is 4.00. The van der Waals surface area contributed by atoms with Crippen LogP contribution < -0.4 is 0 Å². The zero-order chi connectivity index (χ0) is 20.6. The normalized spacial score (nSPS) is 26.3. The van der Waals surface area contributed by atoms with Crippen LogP contribution >= 0.6 is 0 Å². The summed E-state index contributed by atoms with van der Waals surface area (Å²) in [5.74, 6) is 0. The highest BCUT2D eigenvalue weighted by molar-refractivity contribution is 5.69. The van der Waals surface area contributed by atoms with E-state index in [1.54, 1.807) is 4.90 Å². The van der Waals surface area contributed by atoms with Gasteiger partial charge in [0, 0.05) is 12.8 Å². The van der Waals surface area contributed by atoms with Gasteiger partial charge in [-0.25, -0.2) is 4.79 Å². The van der Waals surface area contributed by atoms with E-state index in [9.17, 15) is 9.90 Å². The number of aryl methyl sites for hydroxylation is 3. The number of hydrogen-bond donors (Lipinski definition) is 1. The zero-order valence-electron chi connectivity index (χ0n) is 17.4. The highest BCUT2D eigenvalue weighted by Gasteiger charge is 2.49. The fourth-order valence-electron chi connectivity index (χ4n) is 4.75. The second-order valence-corrected chi connectivity index (χ2v) is 8.48. The smallest absolute Gasteiger partial charge is 0.410 e. The molecule has 0 radical (unpaired) electrons. The van der Waals surface area contributed by atoms with Gasteiger partial charge in [0.2, 0.25) is 0 Å². The minimum atomic E-state index is -0.960. The van der Waals surface area contributed by atoms with Crippen molar-refractivity contribution < 1.29 is 19.4 Å². The maximum atomic E-state index is 12.9. The van der Waals surface area contributed by atoms with Crippen molar-refractivity contribution in [1.29, 1.82) is 0 Å². The molecule has 2 aromatic carbocycles. The molecular formula is C24H29NO4. The van der Waals surface area contributed by atoms with Gasteiger partial charge in [0.15, 0.2) is 0 Å². The van der Waals surface area contributed by atoms with E-state index in [2.05, 4.69) is 26.0 Å². The number of ether oxygens (including phenoxy) is 2. The fourth-order valence-corrected chi connectivity index (χ4v) is 4.75. The molecule has 0 saturated carbocycles. The lowest BCUT2D eigenvalue weighted by Crippen LogP contribution is -2.62. The summed E-state index contributed by atoms with van der Waals surface area (Å²) in [6, 6.07) is 13.5. The lowest BCUT2D eigenvalue weighted by atomic mass is 9.75. The number of fused-ring (bicyclic) bond motifs is 2. The number of carbonyl (C=O) groups is 1. The number of amides is 1. The standard InChI is InChI=1S/C24H29NO4/c1-16-9-18(3)22(10-17(16)2)24(27)11-20-14-28-15-21(12-24)25(20)23(26)29-13-19-7-5-4-6-8-19/h4-10,20-21,27H,11-15H2,1-3H3. The molecule has 4 rings (SSSR count). The van der Waals surface area contributed by atoms with E-state index in [1.165, 1.54) is 11.1 Å². The van der Waals surface area contributed by atoms with Crippen molar-refractivity contribution in [3.05, 3.63) is 70.3 Å². The van der Waals surface area contributed by atoms with Crippen LogP contribution in [-0.4, -0.2) is 41.4 Å². The second kappa shape index (κ2) is 7.81. The summed E-state index contributed by atoms with van der Waals surface area (Å²) in [4.78, 5) is 14.7. The maximum absolute atomic E-state index is 12.9. The summed E-state index contributed by atoms with van der Waals surface area (Å²) in [6.45, 7) is 7.29. The highest BCUT2D eigenvalue weighted by Crippen LogP contribution is 2.43. The molecule has 2 aromatic rings. The Bertz CT molecular complexity index is 881. The monoisotopic (exact) mass is 395 g/mol. The quantitative estimate of drug-likeness (QED) is 0.853. The number of rotatable bonds is 3. The molecule has 0 aliphatic carbocycles. The van der Waals surface area contributed by atoms with E-state index in [-0.39, 0.29) is 24.8 Å². The molecule has 2 aliphatic rings. The molecule has 0 spiro atoms. The van der Waals surface area contributed by atoms with Crippen LogP contribution in [-0.2, 0) is 21.7 Å². The molecular weight excluding hydrogens is 366 g/mol. The van der Waals surface area contributed by atoms with Crippen LogP contribution in [0.4, 0.5) is 4.79 Å². The van der Waals surface area contributed by atoms with Crippen molar-refractivity contribution in [2.24, 2.45) is 0 Å². The van der Waals surface area contributed by atoms with E-state index in [1.807, 2.05) is 37.3 Å². The van der Waals surface area contributed by atoms with Gasteiger partial charge in [-0.05, 0) is 48.6 Å². The molecule has 2 unspecified atom stereocenters. The second-order valence-electron chi connectivity index (χ2n) is 8.48. The number of morpholine rings is 1. The summed E-state index contributed by atoms with van der Waals surface area (Å²) in [5, 5.41) is 11.6. The molecule has 29 heavy (non-hydrogen) atoms. The molecule has 2 aliphatic heterocycles. The summed E-state index contributed by atoms with van der Waals surface area (Å²) in [7, 11) is 0. The number of benzene rings is 2. The van der Waals surface area contributed by atoms with Gasteiger partial charge < -0.3 is 14.6 Å². The van der Waals surface area contributed by atoms with Gasteiger partial charge >= 0.3 is 6.09 Å². The molecule has 2 bridgehead atoms. The van der Waals surface area contributed by atoms with Crippen molar-refractivity contribution in [2.45, 2.75) is 57.9 Å². The van der Waals surface area contributed by atoms with E-state index in [4.69, 9.17) is 9.47 Å². The summed E-state index contributed by atoms with van der Waals surface area (Å²) in [5.41, 5.74) is 4.45. The minimum absolute atomic E-state index is 0.197. The van der Waals surface area contributed by atoms with Gasteiger partial charge in [-0.2, -0.15) is 0 Å².